The fraction of sp³-hybridized carbons (Fsp3) is 0.222. The first-order valence-electron chi connectivity index (χ1n) is 7.75. The van der Waals surface area contributed by atoms with Crippen LogP contribution in [0, 0.1) is 6.92 Å². The Balaban J connectivity index is 2.09. The molecule has 0 unspecified atom stereocenters. The number of hydrogen-bond donors (Lipinski definition) is 2. The summed E-state index contributed by atoms with van der Waals surface area (Å²) in [5.74, 6) is -0.399. The van der Waals surface area contributed by atoms with Crippen LogP contribution in [0.4, 0.5) is 10.5 Å². The van der Waals surface area contributed by atoms with Crippen LogP contribution in [0.3, 0.4) is 0 Å². The molecule has 0 bridgehead atoms. The molecule has 9 heteroatoms. The van der Waals surface area contributed by atoms with Gasteiger partial charge in [-0.25, -0.2) is 4.79 Å². The van der Waals surface area contributed by atoms with E-state index >= 15 is 0 Å². The number of alkyl halides is 3. The van der Waals surface area contributed by atoms with Crippen molar-refractivity contribution in [3.8, 4) is 0 Å². The van der Waals surface area contributed by atoms with Crippen molar-refractivity contribution in [1.29, 1.82) is 0 Å². The number of benzene rings is 2. The summed E-state index contributed by atoms with van der Waals surface area (Å²) in [7, 11) is 0. The molecule has 144 valence electrons. The number of anilines is 1. The highest BCUT2D eigenvalue weighted by molar-refractivity contribution is 6.68. The highest BCUT2D eigenvalue weighted by atomic mass is 35.6. The smallest absolute Gasteiger partial charge is 0.319 e. The zero-order chi connectivity index (χ0) is 20.2. The van der Waals surface area contributed by atoms with Gasteiger partial charge in [0.2, 0.25) is 3.79 Å². The lowest BCUT2D eigenvalue weighted by Crippen LogP contribution is -2.46. The fourth-order valence-electron chi connectivity index (χ4n) is 2.22. The Morgan fingerprint density at radius 3 is 2.22 bits per heavy atom. The van der Waals surface area contributed by atoms with E-state index in [0.29, 0.717) is 10.7 Å². The monoisotopic (exact) mass is 466 g/mol. The molecule has 2 N–H and O–H groups in total. The first kappa shape index (κ1) is 22.1. The second kappa shape index (κ2) is 9.35. The third-order valence-corrected chi connectivity index (χ3v) is 4.97. The van der Waals surface area contributed by atoms with Crippen LogP contribution < -0.4 is 10.6 Å². The lowest BCUT2D eigenvalue weighted by Gasteiger charge is -2.25. The highest BCUT2D eigenvalue weighted by Gasteiger charge is 2.36. The van der Waals surface area contributed by atoms with Gasteiger partial charge in [-0.2, -0.15) is 0 Å². The van der Waals surface area contributed by atoms with Crippen molar-refractivity contribution in [3.05, 3.63) is 63.6 Å². The fourth-order valence-corrected chi connectivity index (χ4v) is 3.13. The molecule has 0 radical (unpaired) electrons. The molecule has 0 aliphatic carbocycles. The Morgan fingerprint density at radius 2 is 1.67 bits per heavy atom. The van der Waals surface area contributed by atoms with E-state index in [4.69, 9.17) is 58.0 Å². The average Bonchev–Trinajstić information content (AvgIpc) is 2.55. The molecular formula is C18H15Cl5N2O2. The minimum Gasteiger partial charge on any atom is -0.330 e. The van der Waals surface area contributed by atoms with Gasteiger partial charge in [0.1, 0.15) is 0 Å². The van der Waals surface area contributed by atoms with Crippen LogP contribution in [0.1, 0.15) is 22.3 Å². The second-order valence-corrected chi connectivity index (χ2v) is 9.02. The number of hydrogen-bond acceptors (Lipinski definition) is 2. The van der Waals surface area contributed by atoms with Crippen molar-refractivity contribution < 1.29 is 9.59 Å². The number of carbonyl (C=O) groups is 2. The molecule has 27 heavy (non-hydrogen) atoms. The van der Waals surface area contributed by atoms with E-state index in [9.17, 15) is 9.59 Å². The maximum absolute atomic E-state index is 12.5. The van der Waals surface area contributed by atoms with Gasteiger partial charge in [-0.15, -0.1) is 0 Å². The molecule has 2 aromatic carbocycles. The summed E-state index contributed by atoms with van der Waals surface area (Å²) in [6.07, 6.45) is -0.265. The van der Waals surface area contributed by atoms with Crippen LogP contribution >= 0.6 is 58.0 Å². The predicted molar refractivity (Wildman–Crippen MR) is 113 cm³/mol. The lowest BCUT2D eigenvalue weighted by atomic mass is 10.0. The standard InChI is InChI=1S/C18H15Cl5N2O2/c1-10-2-5-12(6-3-10)24-17(27)25-16(18(21,22)23)9-15(26)13-7-4-11(19)8-14(13)20/h2-8,16H,9H2,1H3,(H2,24,25,27)/t16-/m1/s1. The van der Waals surface area contributed by atoms with Gasteiger partial charge in [-0.1, -0.05) is 75.7 Å². The number of Topliss-reactive ketones (excluding diaryl/α,β-unsaturated/α-hetero) is 1. The SMILES string of the molecule is Cc1ccc(NC(=O)N[C@H](CC(=O)c2ccc(Cl)cc2Cl)C(Cl)(Cl)Cl)cc1. The number of urea groups is 1. The van der Waals surface area contributed by atoms with Gasteiger partial charge >= 0.3 is 6.03 Å². The van der Waals surface area contributed by atoms with Crippen molar-refractivity contribution in [2.75, 3.05) is 5.32 Å². The molecule has 2 aromatic rings. The van der Waals surface area contributed by atoms with Crippen LogP contribution in [0.25, 0.3) is 0 Å². The minimum absolute atomic E-state index is 0.180. The summed E-state index contributed by atoms with van der Waals surface area (Å²) in [6.45, 7) is 1.93. The number of rotatable bonds is 5. The van der Waals surface area contributed by atoms with Crippen LogP contribution in [-0.2, 0) is 0 Å². The van der Waals surface area contributed by atoms with Gasteiger partial charge in [-0.3, -0.25) is 4.79 Å². The molecule has 0 heterocycles. The molecule has 0 aliphatic heterocycles. The third kappa shape index (κ3) is 6.74. The highest BCUT2D eigenvalue weighted by Crippen LogP contribution is 2.33. The van der Waals surface area contributed by atoms with Crippen LogP contribution in [-0.4, -0.2) is 21.6 Å². The largest absolute Gasteiger partial charge is 0.330 e. The normalized spacial score (nSPS) is 12.4. The van der Waals surface area contributed by atoms with E-state index < -0.39 is 21.6 Å². The molecule has 4 nitrogen and oxygen atoms in total. The molecule has 0 aromatic heterocycles. The molecule has 0 aliphatic rings. The molecule has 0 saturated carbocycles. The van der Waals surface area contributed by atoms with Crippen LogP contribution in [0.2, 0.25) is 10.0 Å². The van der Waals surface area contributed by atoms with Crippen molar-refractivity contribution in [1.82, 2.24) is 5.32 Å². The summed E-state index contributed by atoms with van der Waals surface area (Å²) in [6, 6.07) is 9.92. The zero-order valence-electron chi connectivity index (χ0n) is 14.0. The number of ketones is 1. The van der Waals surface area contributed by atoms with Gasteiger partial charge in [0, 0.05) is 22.7 Å². The summed E-state index contributed by atoms with van der Waals surface area (Å²) in [5.41, 5.74) is 1.83. The number of aryl methyl sites for hydroxylation is 1. The van der Waals surface area contributed by atoms with Gasteiger partial charge in [-0.05, 0) is 37.3 Å². The first-order chi connectivity index (χ1) is 12.6. The Hall–Kier alpha value is -1.17. The maximum Gasteiger partial charge on any atom is 0.319 e. The summed E-state index contributed by atoms with van der Waals surface area (Å²) < 4.78 is -1.90. The van der Waals surface area contributed by atoms with Gasteiger partial charge in [0.25, 0.3) is 0 Å². The number of carbonyl (C=O) groups excluding carboxylic acids is 2. The average molecular weight is 469 g/mol. The third-order valence-electron chi connectivity index (χ3n) is 3.63. The maximum atomic E-state index is 12.5. The summed E-state index contributed by atoms with van der Waals surface area (Å²) in [5, 5.41) is 5.71. The molecule has 2 rings (SSSR count). The minimum atomic E-state index is -1.90. The number of nitrogens with one attached hydrogen (secondary N) is 2. The van der Waals surface area contributed by atoms with E-state index in [0.717, 1.165) is 5.56 Å². The number of amides is 2. The molecule has 1 atom stereocenters. The Bertz CT molecular complexity index is 835. The van der Waals surface area contributed by atoms with Crippen molar-refractivity contribution >= 4 is 75.5 Å². The van der Waals surface area contributed by atoms with E-state index in [1.165, 1.54) is 18.2 Å². The Kier molecular flexibility index (Phi) is 7.66. The van der Waals surface area contributed by atoms with Crippen molar-refractivity contribution in [2.45, 2.75) is 23.2 Å². The van der Waals surface area contributed by atoms with E-state index in [2.05, 4.69) is 10.6 Å². The first-order valence-corrected chi connectivity index (χ1v) is 9.64. The van der Waals surface area contributed by atoms with E-state index in [-0.39, 0.29) is 17.0 Å². The zero-order valence-corrected chi connectivity index (χ0v) is 17.8. The van der Waals surface area contributed by atoms with Gasteiger partial charge in [0.05, 0.1) is 11.1 Å². The molecular weight excluding hydrogens is 453 g/mol. The van der Waals surface area contributed by atoms with Gasteiger partial charge in [0.15, 0.2) is 5.78 Å². The second-order valence-electron chi connectivity index (χ2n) is 5.81. The number of halogens is 5. The van der Waals surface area contributed by atoms with Crippen LogP contribution in [0.15, 0.2) is 42.5 Å². The molecule has 0 saturated heterocycles. The lowest BCUT2D eigenvalue weighted by molar-refractivity contribution is 0.0971. The quantitative estimate of drug-likeness (QED) is 0.392. The van der Waals surface area contributed by atoms with E-state index in [1.54, 1.807) is 12.1 Å². The molecule has 2 amide bonds. The summed E-state index contributed by atoms with van der Waals surface area (Å²) >= 11 is 29.7. The van der Waals surface area contributed by atoms with E-state index in [1.807, 2.05) is 19.1 Å². The Labute approximate surface area is 182 Å². The van der Waals surface area contributed by atoms with Crippen LogP contribution in [0.5, 0.6) is 0 Å². The summed E-state index contributed by atoms with van der Waals surface area (Å²) in [4.78, 5) is 24.8. The van der Waals surface area contributed by atoms with Crippen molar-refractivity contribution in [2.24, 2.45) is 0 Å². The molecule has 0 spiro atoms. The van der Waals surface area contributed by atoms with Gasteiger partial charge < -0.3 is 10.6 Å². The molecule has 0 fully saturated rings. The Morgan fingerprint density at radius 1 is 1.04 bits per heavy atom. The topological polar surface area (TPSA) is 58.2 Å². The predicted octanol–water partition coefficient (Wildman–Crippen LogP) is 6.44. The van der Waals surface area contributed by atoms with Crippen molar-refractivity contribution in [3.63, 3.8) is 0 Å².